The summed E-state index contributed by atoms with van der Waals surface area (Å²) in [5, 5.41) is 9.17. The van der Waals surface area contributed by atoms with Crippen molar-refractivity contribution in [2.75, 3.05) is 0 Å². The number of hydrogen-bond donors (Lipinski definition) is 1. The molecule has 2 aromatic rings. The van der Waals surface area contributed by atoms with Gasteiger partial charge in [-0.1, -0.05) is 19.1 Å². The van der Waals surface area contributed by atoms with Crippen molar-refractivity contribution in [1.82, 2.24) is 0 Å². The Kier molecular flexibility index (Phi) is 3.57. The van der Waals surface area contributed by atoms with Crippen LogP contribution in [0.3, 0.4) is 0 Å². The van der Waals surface area contributed by atoms with Crippen LogP contribution in [0, 0.1) is 0 Å². The number of aromatic carboxylic acids is 1. The summed E-state index contributed by atoms with van der Waals surface area (Å²) in [6, 6.07) is 4.30. The van der Waals surface area contributed by atoms with Crippen molar-refractivity contribution in [3.8, 4) is 11.1 Å². The van der Waals surface area contributed by atoms with Crippen LogP contribution in [0.15, 0.2) is 34.9 Å². The van der Waals surface area contributed by atoms with Gasteiger partial charge in [0.05, 0.1) is 11.8 Å². The van der Waals surface area contributed by atoms with Crippen molar-refractivity contribution in [1.29, 1.82) is 0 Å². The van der Waals surface area contributed by atoms with Gasteiger partial charge in [0, 0.05) is 12.0 Å². The van der Waals surface area contributed by atoms with Crippen LogP contribution in [0.5, 0.6) is 0 Å². The fourth-order valence-corrected chi connectivity index (χ4v) is 1.94. The number of carbonyl (C=O) groups is 1. The molecule has 1 aromatic heterocycles. The van der Waals surface area contributed by atoms with E-state index in [1.165, 1.54) is 18.4 Å². The standard InChI is InChI=1S/C14H11F3O3/c1-2-11-12(13(18)19)10(7-20-11)8-3-5-9(6-4-8)14(15,16)17/h3-7H,2H2,1H3,(H,18,19). The van der Waals surface area contributed by atoms with Crippen molar-refractivity contribution in [3.05, 3.63) is 47.4 Å². The van der Waals surface area contributed by atoms with Gasteiger partial charge in [0.25, 0.3) is 0 Å². The monoisotopic (exact) mass is 284 g/mol. The van der Waals surface area contributed by atoms with E-state index in [0.29, 0.717) is 17.7 Å². The van der Waals surface area contributed by atoms with Gasteiger partial charge < -0.3 is 9.52 Å². The molecule has 0 unspecified atom stereocenters. The van der Waals surface area contributed by atoms with Crippen LogP contribution in [0.25, 0.3) is 11.1 Å². The first-order chi connectivity index (χ1) is 9.34. The Balaban J connectivity index is 2.47. The molecule has 0 radical (unpaired) electrons. The number of alkyl halides is 3. The van der Waals surface area contributed by atoms with E-state index in [2.05, 4.69) is 0 Å². The second kappa shape index (κ2) is 5.03. The molecule has 0 amide bonds. The predicted octanol–water partition coefficient (Wildman–Crippen LogP) is 4.23. The number of carboxylic acid groups (broad SMARTS) is 1. The molecule has 1 N–H and O–H groups in total. The minimum absolute atomic E-state index is 0.00717. The zero-order valence-electron chi connectivity index (χ0n) is 10.5. The highest BCUT2D eigenvalue weighted by Gasteiger charge is 2.30. The smallest absolute Gasteiger partial charge is 0.416 e. The molecular formula is C14H11F3O3. The van der Waals surface area contributed by atoms with Crippen LogP contribution in [-0.2, 0) is 12.6 Å². The zero-order chi connectivity index (χ0) is 14.9. The van der Waals surface area contributed by atoms with Crippen LogP contribution in [-0.4, -0.2) is 11.1 Å². The molecule has 0 saturated carbocycles. The van der Waals surface area contributed by atoms with E-state index in [9.17, 15) is 23.1 Å². The maximum atomic E-state index is 12.5. The quantitative estimate of drug-likeness (QED) is 0.917. The molecule has 0 aliphatic rings. The summed E-state index contributed by atoms with van der Waals surface area (Å²) in [5.41, 5.74) is -0.133. The molecule has 0 bridgehead atoms. The molecule has 1 aromatic carbocycles. The molecular weight excluding hydrogens is 273 g/mol. The first-order valence-corrected chi connectivity index (χ1v) is 5.86. The van der Waals surface area contributed by atoms with Gasteiger partial charge in [-0.2, -0.15) is 13.2 Å². The summed E-state index contributed by atoms with van der Waals surface area (Å²) in [6.07, 6.45) is -2.77. The van der Waals surface area contributed by atoms with Crippen molar-refractivity contribution in [2.24, 2.45) is 0 Å². The van der Waals surface area contributed by atoms with Crippen molar-refractivity contribution < 1.29 is 27.5 Å². The largest absolute Gasteiger partial charge is 0.478 e. The lowest BCUT2D eigenvalue weighted by Gasteiger charge is -2.07. The van der Waals surface area contributed by atoms with Gasteiger partial charge >= 0.3 is 12.1 Å². The Hall–Kier alpha value is -2.24. The molecule has 106 valence electrons. The first kappa shape index (κ1) is 14.2. The summed E-state index contributed by atoms with van der Waals surface area (Å²) in [7, 11) is 0. The normalized spacial score (nSPS) is 11.6. The lowest BCUT2D eigenvalue weighted by molar-refractivity contribution is -0.137. The van der Waals surface area contributed by atoms with E-state index < -0.39 is 17.7 Å². The van der Waals surface area contributed by atoms with Gasteiger partial charge in [0.1, 0.15) is 11.3 Å². The highest BCUT2D eigenvalue weighted by Crippen LogP contribution is 2.33. The Morgan fingerprint density at radius 1 is 1.25 bits per heavy atom. The van der Waals surface area contributed by atoms with E-state index in [4.69, 9.17) is 4.42 Å². The van der Waals surface area contributed by atoms with Crippen molar-refractivity contribution >= 4 is 5.97 Å². The maximum absolute atomic E-state index is 12.5. The fourth-order valence-electron chi connectivity index (χ4n) is 1.94. The average molecular weight is 284 g/mol. The third kappa shape index (κ3) is 2.54. The minimum atomic E-state index is -4.42. The molecule has 0 saturated heterocycles. The zero-order valence-corrected chi connectivity index (χ0v) is 10.5. The van der Waals surface area contributed by atoms with E-state index in [0.717, 1.165) is 12.1 Å². The number of rotatable bonds is 3. The van der Waals surface area contributed by atoms with Gasteiger partial charge in [-0.3, -0.25) is 0 Å². The lowest BCUT2D eigenvalue weighted by Crippen LogP contribution is -2.04. The second-order valence-corrected chi connectivity index (χ2v) is 4.18. The average Bonchev–Trinajstić information content (AvgIpc) is 2.81. The molecule has 3 nitrogen and oxygen atoms in total. The highest BCUT2D eigenvalue weighted by atomic mass is 19.4. The molecule has 0 aliphatic heterocycles. The van der Waals surface area contributed by atoms with Gasteiger partial charge in [-0.25, -0.2) is 4.79 Å². The fraction of sp³-hybridized carbons (Fsp3) is 0.214. The molecule has 0 fully saturated rings. The number of aryl methyl sites for hydroxylation is 1. The van der Waals surface area contributed by atoms with Crippen LogP contribution in [0.2, 0.25) is 0 Å². The topological polar surface area (TPSA) is 50.4 Å². The molecule has 0 aliphatic carbocycles. The first-order valence-electron chi connectivity index (χ1n) is 5.86. The maximum Gasteiger partial charge on any atom is 0.416 e. The summed E-state index contributed by atoms with van der Waals surface area (Å²) in [5.74, 6) is -0.863. The molecule has 0 atom stereocenters. The molecule has 6 heteroatoms. The minimum Gasteiger partial charge on any atom is -0.478 e. The summed E-state index contributed by atoms with van der Waals surface area (Å²) in [4.78, 5) is 11.2. The van der Waals surface area contributed by atoms with E-state index in [-0.39, 0.29) is 11.1 Å². The molecule has 0 spiro atoms. The molecule has 2 rings (SSSR count). The summed E-state index contributed by atoms with van der Waals surface area (Å²) >= 11 is 0. The van der Waals surface area contributed by atoms with Gasteiger partial charge in [-0.05, 0) is 17.7 Å². The van der Waals surface area contributed by atoms with Gasteiger partial charge in [0.15, 0.2) is 0 Å². The Labute approximate surface area is 112 Å². The number of carboxylic acids is 1. The van der Waals surface area contributed by atoms with Gasteiger partial charge in [0.2, 0.25) is 0 Å². The van der Waals surface area contributed by atoms with Crippen LogP contribution in [0.4, 0.5) is 13.2 Å². The van der Waals surface area contributed by atoms with Crippen molar-refractivity contribution in [3.63, 3.8) is 0 Å². The third-order valence-electron chi connectivity index (χ3n) is 2.93. The predicted molar refractivity (Wildman–Crippen MR) is 65.5 cm³/mol. The molecule has 20 heavy (non-hydrogen) atoms. The van der Waals surface area contributed by atoms with Crippen LogP contribution >= 0.6 is 0 Å². The third-order valence-corrected chi connectivity index (χ3v) is 2.93. The van der Waals surface area contributed by atoms with E-state index >= 15 is 0 Å². The summed E-state index contributed by atoms with van der Waals surface area (Å²) in [6.45, 7) is 1.74. The number of benzene rings is 1. The van der Waals surface area contributed by atoms with E-state index in [1.54, 1.807) is 6.92 Å². The van der Waals surface area contributed by atoms with Crippen LogP contribution in [0.1, 0.15) is 28.6 Å². The van der Waals surface area contributed by atoms with E-state index in [1.807, 2.05) is 0 Å². The Morgan fingerprint density at radius 2 is 1.85 bits per heavy atom. The number of hydrogen-bond acceptors (Lipinski definition) is 2. The Morgan fingerprint density at radius 3 is 2.30 bits per heavy atom. The second-order valence-electron chi connectivity index (χ2n) is 4.18. The molecule has 1 heterocycles. The number of furan rings is 1. The number of halogens is 3. The Bertz CT molecular complexity index is 624. The summed E-state index contributed by atoms with van der Waals surface area (Å²) < 4.78 is 42.6. The van der Waals surface area contributed by atoms with Crippen LogP contribution < -0.4 is 0 Å². The SMILES string of the molecule is CCc1occ(-c2ccc(C(F)(F)F)cc2)c1C(=O)O. The highest BCUT2D eigenvalue weighted by molar-refractivity contribution is 5.97. The van der Waals surface area contributed by atoms with Gasteiger partial charge in [-0.15, -0.1) is 0 Å². The lowest BCUT2D eigenvalue weighted by atomic mass is 10.0. The van der Waals surface area contributed by atoms with Crippen molar-refractivity contribution in [2.45, 2.75) is 19.5 Å².